The van der Waals surface area contributed by atoms with Crippen LogP contribution in [0.1, 0.15) is 24.7 Å². The molecule has 1 unspecified atom stereocenters. The van der Waals surface area contributed by atoms with Gasteiger partial charge in [0.05, 0.1) is 24.0 Å². The number of imidazole rings is 1. The lowest BCUT2D eigenvalue weighted by molar-refractivity contribution is -0.136. The lowest BCUT2D eigenvalue weighted by Gasteiger charge is -2.26. The predicted octanol–water partition coefficient (Wildman–Crippen LogP) is 1.89. The number of carbonyl (C=O) groups excluding carboxylic acids is 1. The molecule has 170 valence electrons. The quantitative estimate of drug-likeness (QED) is 0.444. The molecule has 3 aromatic rings. The van der Waals surface area contributed by atoms with Crippen LogP contribution in [0.2, 0.25) is 5.02 Å². The summed E-state index contributed by atoms with van der Waals surface area (Å²) in [7, 11) is 1.53. The summed E-state index contributed by atoms with van der Waals surface area (Å²) in [6, 6.07) is 7.57. The lowest BCUT2D eigenvalue weighted by atomic mass is 9.84. The Bertz CT molecular complexity index is 1150. The van der Waals surface area contributed by atoms with Crippen molar-refractivity contribution in [1.82, 2.24) is 24.8 Å². The van der Waals surface area contributed by atoms with Crippen molar-refractivity contribution in [1.29, 1.82) is 0 Å². The van der Waals surface area contributed by atoms with Crippen LogP contribution < -0.4 is 10.6 Å². The number of benzene rings is 1. The number of aromatic nitrogens is 4. The Morgan fingerprint density at radius 2 is 2.12 bits per heavy atom. The number of amides is 1. The highest BCUT2D eigenvalue weighted by atomic mass is 35.5. The fourth-order valence-electron chi connectivity index (χ4n) is 4.50. The number of anilines is 1. The summed E-state index contributed by atoms with van der Waals surface area (Å²) in [5.74, 6) is 0.569. The number of aliphatic hydroxyl groups excluding tert-OH is 2. The molecule has 4 N–H and O–H groups in total. The van der Waals surface area contributed by atoms with Gasteiger partial charge in [-0.15, -0.1) is 0 Å². The Hall–Kier alpha value is -2.75. The summed E-state index contributed by atoms with van der Waals surface area (Å²) in [6.45, 7) is 4.37. The molecule has 1 amide bonds. The van der Waals surface area contributed by atoms with Gasteiger partial charge in [0.15, 0.2) is 11.5 Å². The third kappa shape index (κ3) is 4.03. The van der Waals surface area contributed by atoms with Gasteiger partial charge in [-0.1, -0.05) is 23.7 Å². The van der Waals surface area contributed by atoms with Crippen molar-refractivity contribution >= 4 is 34.5 Å². The Balaban J connectivity index is 1.58. The van der Waals surface area contributed by atoms with E-state index in [0.717, 1.165) is 5.56 Å². The smallest absolute Gasteiger partial charge is 0.228 e. The average Bonchev–Trinajstić information content (AvgIpc) is 3.26. The topological polar surface area (TPSA) is 125 Å². The number of hydrogen-bond acceptors (Lipinski definition) is 7. The molecule has 1 saturated carbocycles. The van der Waals surface area contributed by atoms with Crippen molar-refractivity contribution in [2.45, 2.75) is 45.6 Å². The number of nitrogens with one attached hydrogen (secondary N) is 2. The SMILES string of the molecule is CNC(=O)C1(C)C[C@@H](Cn2cnc3c(NCc4cccc(Cl)c4)nc(C)nc32)[C@H](O)[C@@H]1O. The zero-order chi connectivity index (χ0) is 23.0. The molecule has 1 aliphatic rings. The normalized spacial score (nSPS) is 25.2. The zero-order valence-electron chi connectivity index (χ0n) is 18.2. The van der Waals surface area contributed by atoms with Gasteiger partial charge in [-0.2, -0.15) is 0 Å². The minimum Gasteiger partial charge on any atom is -0.390 e. The molecule has 0 radical (unpaired) electrons. The van der Waals surface area contributed by atoms with E-state index in [1.54, 1.807) is 20.2 Å². The molecule has 4 atom stereocenters. The minimum absolute atomic E-state index is 0.285. The number of rotatable bonds is 6. The third-order valence-electron chi connectivity index (χ3n) is 6.25. The van der Waals surface area contributed by atoms with Gasteiger partial charge in [0.2, 0.25) is 5.91 Å². The summed E-state index contributed by atoms with van der Waals surface area (Å²) >= 11 is 6.07. The van der Waals surface area contributed by atoms with Crippen LogP contribution in [0.3, 0.4) is 0 Å². The number of aryl methyl sites for hydroxylation is 1. The molecule has 2 heterocycles. The van der Waals surface area contributed by atoms with E-state index in [2.05, 4.69) is 25.6 Å². The number of halogens is 1. The van der Waals surface area contributed by atoms with Crippen molar-refractivity contribution in [3.05, 3.63) is 47.0 Å². The predicted molar refractivity (Wildman–Crippen MR) is 121 cm³/mol. The molecular weight excluding hydrogens is 432 g/mol. The number of hydrogen-bond donors (Lipinski definition) is 4. The molecule has 0 spiro atoms. The van der Waals surface area contributed by atoms with E-state index in [4.69, 9.17) is 11.6 Å². The van der Waals surface area contributed by atoms with E-state index in [0.29, 0.717) is 47.3 Å². The lowest BCUT2D eigenvalue weighted by Crippen LogP contribution is -2.45. The summed E-state index contributed by atoms with van der Waals surface area (Å²) in [6.07, 6.45) is -0.178. The van der Waals surface area contributed by atoms with Crippen molar-refractivity contribution in [3.8, 4) is 0 Å². The first kappa shape index (κ1) is 22.4. The van der Waals surface area contributed by atoms with Crippen molar-refractivity contribution < 1.29 is 15.0 Å². The molecule has 4 rings (SSSR count). The van der Waals surface area contributed by atoms with Gasteiger partial charge in [-0.25, -0.2) is 15.0 Å². The van der Waals surface area contributed by atoms with E-state index in [1.807, 2.05) is 28.8 Å². The fraction of sp³-hybridized carbons (Fsp3) is 0.455. The highest BCUT2D eigenvalue weighted by molar-refractivity contribution is 6.30. The van der Waals surface area contributed by atoms with Crippen LogP contribution in [-0.4, -0.2) is 54.9 Å². The first-order valence-corrected chi connectivity index (χ1v) is 10.9. The first-order valence-electron chi connectivity index (χ1n) is 10.5. The summed E-state index contributed by atoms with van der Waals surface area (Å²) in [5.41, 5.74) is 1.20. The largest absolute Gasteiger partial charge is 0.390 e. The highest BCUT2D eigenvalue weighted by Gasteiger charge is 2.53. The standard InChI is InChI=1S/C22H27ClN6O3/c1-12-27-19(25-9-13-5-4-6-15(23)7-13)16-20(28-12)29(11-26-16)10-14-8-22(2,21(32)24-3)18(31)17(14)30/h4-7,11,14,17-18,30-31H,8-10H2,1-3H3,(H,24,32)(H,25,27,28)/t14-,17-,18-,22?/m0/s1. The van der Waals surface area contributed by atoms with E-state index in [-0.39, 0.29) is 11.8 Å². The third-order valence-corrected chi connectivity index (χ3v) is 6.48. The molecule has 0 bridgehead atoms. The van der Waals surface area contributed by atoms with Crippen molar-refractivity contribution in [2.24, 2.45) is 11.3 Å². The maximum atomic E-state index is 12.3. The van der Waals surface area contributed by atoms with Gasteiger partial charge < -0.3 is 25.4 Å². The van der Waals surface area contributed by atoms with Crippen molar-refractivity contribution in [2.75, 3.05) is 12.4 Å². The maximum Gasteiger partial charge on any atom is 0.228 e. The van der Waals surface area contributed by atoms with Crippen LogP contribution in [0.15, 0.2) is 30.6 Å². The summed E-state index contributed by atoms with van der Waals surface area (Å²) in [5, 5.41) is 27.7. The molecule has 0 aliphatic heterocycles. The molecule has 32 heavy (non-hydrogen) atoms. The number of aliphatic hydroxyl groups is 2. The van der Waals surface area contributed by atoms with E-state index in [1.165, 1.54) is 7.05 Å². The van der Waals surface area contributed by atoms with E-state index < -0.39 is 17.6 Å². The Kier molecular flexibility index (Phi) is 6.07. The van der Waals surface area contributed by atoms with Gasteiger partial charge in [0.25, 0.3) is 0 Å². The Morgan fingerprint density at radius 3 is 2.84 bits per heavy atom. The Morgan fingerprint density at radius 1 is 1.34 bits per heavy atom. The molecule has 0 saturated heterocycles. The second kappa shape index (κ2) is 8.65. The van der Waals surface area contributed by atoms with Gasteiger partial charge in [-0.05, 0) is 38.0 Å². The molecular formula is C22H27ClN6O3. The van der Waals surface area contributed by atoms with Crippen LogP contribution in [0.25, 0.3) is 11.2 Å². The molecule has 9 nitrogen and oxygen atoms in total. The van der Waals surface area contributed by atoms with Crippen LogP contribution in [0.4, 0.5) is 5.82 Å². The second-order valence-electron chi connectivity index (χ2n) is 8.57. The maximum absolute atomic E-state index is 12.3. The number of carbonyl (C=O) groups is 1. The van der Waals surface area contributed by atoms with Crippen LogP contribution >= 0.6 is 11.6 Å². The van der Waals surface area contributed by atoms with Gasteiger partial charge in [0.1, 0.15) is 11.3 Å². The van der Waals surface area contributed by atoms with Crippen LogP contribution in [0, 0.1) is 18.3 Å². The average molecular weight is 459 g/mol. The van der Waals surface area contributed by atoms with Gasteiger partial charge >= 0.3 is 0 Å². The van der Waals surface area contributed by atoms with Gasteiger partial charge in [0, 0.05) is 31.1 Å². The monoisotopic (exact) mass is 458 g/mol. The van der Waals surface area contributed by atoms with E-state index in [9.17, 15) is 15.0 Å². The van der Waals surface area contributed by atoms with Crippen LogP contribution in [0.5, 0.6) is 0 Å². The summed E-state index contributed by atoms with van der Waals surface area (Å²) in [4.78, 5) is 25.8. The summed E-state index contributed by atoms with van der Waals surface area (Å²) < 4.78 is 1.84. The second-order valence-corrected chi connectivity index (χ2v) is 9.00. The molecule has 1 aromatic carbocycles. The van der Waals surface area contributed by atoms with E-state index >= 15 is 0 Å². The minimum atomic E-state index is -1.14. The van der Waals surface area contributed by atoms with Crippen LogP contribution in [-0.2, 0) is 17.9 Å². The highest BCUT2D eigenvalue weighted by Crippen LogP contribution is 2.43. The number of fused-ring (bicyclic) bond motifs is 1. The molecule has 1 aliphatic carbocycles. The van der Waals surface area contributed by atoms with Crippen molar-refractivity contribution in [3.63, 3.8) is 0 Å². The molecule has 2 aromatic heterocycles. The first-order chi connectivity index (χ1) is 15.2. The number of nitrogens with zero attached hydrogens (tertiary/aromatic N) is 4. The Labute approximate surface area is 190 Å². The zero-order valence-corrected chi connectivity index (χ0v) is 19.0. The molecule has 10 heteroatoms. The fourth-order valence-corrected chi connectivity index (χ4v) is 4.71. The van der Waals surface area contributed by atoms with Gasteiger partial charge in [-0.3, -0.25) is 4.79 Å². The molecule has 1 fully saturated rings.